The van der Waals surface area contributed by atoms with Crippen LogP contribution < -0.4 is 0 Å². The Hall–Kier alpha value is -2.81. The Morgan fingerprint density at radius 1 is 1.26 bits per heavy atom. The van der Waals surface area contributed by atoms with Crippen molar-refractivity contribution in [2.24, 2.45) is 9.98 Å². The number of hydrogen-bond donors (Lipinski definition) is 0. The van der Waals surface area contributed by atoms with Gasteiger partial charge < -0.3 is 4.74 Å². The molecule has 0 aromatic heterocycles. The normalized spacial score (nSPS) is 7.84. The first-order valence-electron chi connectivity index (χ1n) is 5.23. The highest BCUT2D eigenvalue weighted by atomic mass is 16.5. The van der Waals surface area contributed by atoms with Crippen molar-refractivity contribution in [3.8, 4) is 0 Å². The Bertz CT molecular complexity index is 490. The zero-order chi connectivity index (χ0) is 14.5. The zero-order valence-corrected chi connectivity index (χ0v) is 10.3. The molecule has 0 fully saturated rings. The lowest BCUT2D eigenvalue weighted by Crippen LogP contribution is -1.97. The molecule has 0 unspecified atom stereocenters. The van der Waals surface area contributed by atoms with Crippen molar-refractivity contribution in [1.29, 1.82) is 0 Å². The maximum absolute atomic E-state index is 10.1. The van der Waals surface area contributed by atoms with E-state index in [2.05, 4.69) is 21.3 Å². The lowest BCUT2D eigenvalue weighted by atomic mass is 10.3. The SMILES string of the molecule is C=CC(=O)OCC.O=C=Nc1ccccc1N=C=O. The van der Waals surface area contributed by atoms with Crippen LogP contribution in [0.1, 0.15) is 6.92 Å². The van der Waals surface area contributed by atoms with E-state index in [9.17, 15) is 14.4 Å². The summed E-state index contributed by atoms with van der Waals surface area (Å²) in [6.07, 6.45) is 3.88. The zero-order valence-electron chi connectivity index (χ0n) is 10.3. The summed E-state index contributed by atoms with van der Waals surface area (Å²) in [4.78, 5) is 36.6. The van der Waals surface area contributed by atoms with Gasteiger partial charge in [-0.15, -0.1) is 0 Å². The summed E-state index contributed by atoms with van der Waals surface area (Å²) in [7, 11) is 0. The van der Waals surface area contributed by atoms with Gasteiger partial charge in [-0.3, -0.25) is 0 Å². The highest BCUT2D eigenvalue weighted by Crippen LogP contribution is 2.25. The van der Waals surface area contributed by atoms with Crippen LogP contribution in [0.3, 0.4) is 0 Å². The number of ether oxygens (including phenoxy) is 1. The third-order valence-corrected chi connectivity index (χ3v) is 1.67. The van der Waals surface area contributed by atoms with Gasteiger partial charge in [-0.05, 0) is 19.1 Å². The van der Waals surface area contributed by atoms with E-state index in [-0.39, 0.29) is 5.97 Å². The molecule has 1 aromatic carbocycles. The van der Waals surface area contributed by atoms with Crippen molar-refractivity contribution in [2.45, 2.75) is 6.92 Å². The summed E-state index contributed by atoms with van der Waals surface area (Å²) in [5, 5.41) is 0. The van der Waals surface area contributed by atoms with Gasteiger partial charge in [-0.1, -0.05) is 18.7 Å². The van der Waals surface area contributed by atoms with Gasteiger partial charge in [0.25, 0.3) is 0 Å². The molecule has 0 bridgehead atoms. The second-order valence-corrected chi connectivity index (χ2v) is 2.85. The van der Waals surface area contributed by atoms with Gasteiger partial charge in [0, 0.05) is 6.08 Å². The van der Waals surface area contributed by atoms with E-state index in [0.29, 0.717) is 18.0 Å². The van der Waals surface area contributed by atoms with Crippen molar-refractivity contribution in [2.75, 3.05) is 6.61 Å². The van der Waals surface area contributed by atoms with Crippen LogP contribution in [0.5, 0.6) is 0 Å². The molecule has 19 heavy (non-hydrogen) atoms. The van der Waals surface area contributed by atoms with E-state index in [1.165, 1.54) is 12.2 Å². The van der Waals surface area contributed by atoms with Crippen LogP contribution in [0, 0.1) is 0 Å². The molecule has 98 valence electrons. The fourth-order valence-electron chi connectivity index (χ4n) is 0.953. The number of benzene rings is 1. The first-order valence-corrected chi connectivity index (χ1v) is 5.23. The predicted octanol–water partition coefficient (Wildman–Crippen LogP) is 2.36. The first-order chi connectivity index (χ1) is 9.19. The molecule has 0 N–H and O–H groups in total. The molecule has 0 saturated heterocycles. The maximum Gasteiger partial charge on any atom is 0.330 e. The number of rotatable bonds is 4. The number of isocyanates is 2. The van der Waals surface area contributed by atoms with Crippen LogP contribution in [0.15, 0.2) is 46.9 Å². The third-order valence-electron chi connectivity index (χ3n) is 1.67. The quantitative estimate of drug-likeness (QED) is 0.360. The Morgan fingerprint density at radius 2 is 1.74 bits per heavy atom. The summed E-state index contributed by atoms with van der Waals surface area (Å²) in [5.41, 5.74) is 0.631. The largest absolute Gasteiger partial charge is 0.463 e. The van der Waals surface area contributed by atoms with Gasteiger partial charge in [0.15, 0.2) is 0 Å². The van der Waals surface area contributed by atoms with E-state index in [4.69, 9.17) is 0 Å². The lowest BCUT2D eigenvalue weighted by Gasteiger charge is -1.92. The minimum absolute atomic E-state index is 0.316. The molecular formula is C13H12N2O4. The van der Waals surface area contributed by atoms with Crippen molar-refractivity contribution < 1.29 is 19.1 Å². The molecule has 6 heteroatoms. The number of esters is 1. The molecule has 0 heterocycles. The predicted molar refractivity (Wildman–Crippen MR) is 68.8 cm³/mol. The van der Waals surface area contributed by atoms with E-state index in [0.717, 1.165) is 6.08 Å². The Balaban J connectivity index is 0.000000399. The highest BCUT2D eigenvalue weighted by molar-refractivity contribution is 5.81. The second kappa shape index (κ2) is 10.4. The lowest BCUT2D eigenvalue weighted by molar-refractivity contribution is -0.137. The van der Waals surface area contributed by atoms with Crippen LogP contribution in [0.2, 0.25) is 0 Å². The standard InChI is InChI=1S/C8H4N2O2.C5H8O2/c11-5-9-7-3-1-2-4-8(7)10-6-12;1-3-5(6)7-4-2/h1-4H;3H,1,4H2,2H3. The van der Waals surface area contributed by atoms with Gasteiger partial charge in [-0.25, -0.2) is 14.4 Å². The minimum Gasteiger partial charge on any atom is -0.463 e. The summed E-state index contributed by atoms with van der Waals surface area (Å²) in [5.74, 6) is -0.359. The number of aliphatic imine (C=N–C) groups is 2. The Kier molecular flexibility index (Phi) is 8.82. The minimum atomic E-state index is -0.359. The molecule has 0 aliphatic carbocycles. The number of hydrogen-bond acceptors (Lipinski definition) is 6. The maximum atomic E-state index is 10.1. The molecule has 1 rings (SSSR count). The summed E-state index contributed by atoms with van der Waals surface area (Å²) in [6, 6.07) is 6.47. The third kappa shape index (κ3) is 7.18. The Labute approximate surface area is 110 Å². The summed E-state index contributed by atoms with van der Waals surface area (Å²) < 4.78 is 4.43. The van der Waals surface area contributed by atoms with E-state index in [1.807, 2.05) is 0 Å². The van der Waals surface area contributed by atoms with Crippen molar-refractivity contribution in [3.63, 3.8) is 0 Å². The fraction of sp³-hybridized carbons (Fsp3) is 0.154. The van der Waals surface area contributed by atoms with Crippen molar-refractivity contribution in [1.82, 2.24) is 0 Å². The van der Waals surface area contributed by atoms with Crippen LogP contribution in [0.4, 0.5) is 11.4 Å². The summed E-state index contributed by atoms with van der Waals surface area (Å²) >= 11 is 0. The van der Waals surface area contributed by atoms with Gasteiger partial charge in [0.2, 0.25) is 12.2 Å². The monoisotopic (exact) mass is 260 g/mol. The topological polar surface area (TPSA) is 85.2 Å². The van der Waals surface area contributed by atoms with E-state index >= 15 is 0 Å². The molecule has 0 atom stereocenters. The van der Waals surface area contributed by atoms with Gasteiger partial charge in [0.05, 0.1) is 6.61 Å². The Morgan fingerprint density at radius 3 is 2.00 bits per heavy atom. The molecule has 0 amide bonds. The molecule has 0 aliphatic rings. The molecule has 0 radical (unpaired) electrons. The van der Waals surface area contributed by atoms with Gasteiger partial charge in [-0.2, -0.15) is 9.98 Å². The van der Waals surface area contributed by atoms with Gasteiger partial charge >= 0.3 is 5.97 Å². The van der Waals surface area contributed by atoms with Crippen LogP contribution in [-0.4, -0.2) is 24.7 Å². The van der Waals surface area contributed by atoms with Crippen LogP contribution in [-0.2, 0) is 19.1 Å². The molecule has 0 saturated carbocycles. The second-order valence-electron chi connectivity index (χ2n) is 2.85. The van der Waals surface area contributed by atoms with E-state index < -0.39 is 0 Å². The van der Waals surface area contributed by atoms with Crippen LogP contribution in [0.25, 0.3) is 0 Å². The van der Waals surface area contributed by atoms with Crippen LogP contribution >= 0.6 is 0 Å². The molecule has 0 aliphatic heterocycles. The number of carbonyl (C=O) groups excluding carboxylic acids is 3. The molecular weight excluding hydrogens is 248 g/mol. The molecule has 1 aromatic rings. The fourth-order valence-corrected chi connectivity index (χ4v) is 0.953. The number of para-hydroxylation sites is 2. The smallest absolute Gasteiger partial charge is 0.330 e. The van der Waals surface area contributed by atoms with Crippen molar-refractivity contribution in [3.05, 3.63) is 36.9 Å². The van der Waals surface area contributed by atoms with Crippen molar-refractivity contribution >= 4 is 29.5 Å². The molecule has 0 spiro atoms. The molecule has 6 nitrogen and oxygen atoms in total. The highest BCUT2D eigenvalue weighted by Gasteiger charge is 1.96. The number of nitrogens with zero attached hydrogens (tertiary/aromatic N) is 2. The average Bonchev–Trinajstić information content (AvgIpc) is 2.42. The average molecular weight is 260 g/mol. The van der Waals surface area contributed by atoms with Gasteiger partial charge in [0.1, 0.15) is 11.4 Å². The van der Waals surface area contributed by atoms with E-state index in [1.54, 1.807) is 31.2 Å². The first kappa shape index (κ1) is 16.2. The number of carbonyl (C=O) groups is 1. The summed E-state index contributed by atoms with van der Waals surface area (Å²) in [6.45, 7) is 5.38.